The van der Waals surface area contributed by atoms with Gasteiger partial charge in [-0.25, -0.2) is 0 Å². The van der Waals surface area contributed by atoms with Gasteiger partial charge in [0, 0.05) is 14.1 Å². The van der Waals surface area contributed by atoms with Crippen LogP contribution in [0.4, 0.5) is 0 Å². The molecule has 0 atom stereocenters. The van der Waals surface area contributed by atoms with Crippen molar-refractivity contribution in [2.75, 3.05) is 41.8 Å². The van der Waals surface area contributed by atoms with Crippen LogP contribution in [0.25, 0.3) is 0 Å². The number of amides is 1. The Balaban J connectivity index is 3.81. The van der Waals surface area contributed by atoms with E-state index in [1.54, 1.807) is 19.0 Å². The monoisotopic (exact) mass is 145 g/mol. The van der Waals surface area contributed by atoms with Gasteiger partial charge >= 0.3 is 0 Å². The van der Waals surface area contributed by atoms with Crippen LogP contribution in [0.1, 0.15) is 0 Å². The first-order valence-corrected chi connectivity index (χ1v) is 3.33. The van der Waals surface area contributed by atoms with Crippen molar-refractivity contribution < 1.29 is 9.28 Å². The zero-order valence-electron chi connectivity index (χ0n) is 7.51. The van der Waals surface area contributed by atoms with Crippen LogP contribution >= 0.6 is 0 Å². The molecule has 0 saturated heterocycles. The summed E-state index contributed by atoms with van der Waals surface area (Å²) >= 11 is 0. The lowest BCUT2D eigenvalue weighted by Gasteiger charge is -2.24. The topological polar surface area (TPSA) is 20.3 Å². The van der Waals surface area contributed by atoms with Crippen LogP contribution in [0, 0.1) is 0 Å². The van der Waals surface area contributed by atoms with Crippen LogP contribution in [0.2, 0.25) is 0 Å². The normalized spacial score (nSPS) is 11.3. The van der Waals surface area contributed by atoms with E-state index in [1.165, 1.54) is 0 Å². The Morgan fingerprint density at radius 3 is 1.80 bits per heavy atom. The van der Waals surface area contributed by atoms with E-state index >= 15 is 0 Å². The quantitative estimate of drug-likeness (QED) is 0.492. The summed E-state index contributed by atoms with van der Waals surface area (Å²) in [4.78, 5) is 12.7. The Morgan fingerprint density at radius 1 is 1.30 bits per heavy atom. The second-order valence-corrected chi connectivity index (χ2v) is 3.74. The van der Waals surface area contributed by atoms with Gasteiger partial charge in [-0.1, -0.05) is 0 Å². The lowest BCUT2D eigenvalue weighted by Crippen LogP contribution is -2.43. The number of carbonyl (C=O) groups is 1. The van der Waals surface area contributed by atoms with Crippen molar-refractivity contribution in [2.24, 2.45) is 0 Å². The van der Waals surface area contributed by atoms with E-state index in [9.17, 15) is 4.79 Å². The summed E-state index contributed by atoms with van der Waals surface area (Å²) in [5, 5.41) is 0. The van der Waals surface area contributed by atoms with Crippen molar-refractivity contribution >= 4 is 5.91 Å². The molecule has 3 heteroatoms. The van der Waals surface area contributed by atoms with E-state index in [4.69, 9.17) is 0 Å². The molecular weight excluding hydrogens is 128 g/mol. The maximum absolute atomic E-state index is 11.1. The van der Waals surface area contributed by atoms with Gasteiger partial charge in [0.1, 0.15) is 0 Å². The second kappa shape index (κ2) is 3.01. The molecule has 0 rings (SSSR count). The highest BCUT2D eigenvalue weighted by atomic mass is 16.2. The predicted octanol–water partition coefficient (Wildman–Crippen LogP) is -0.219. The van der Waals surface area contributed by atoms with Gasteiger partial charge in [-0.2, -0.15) is 0 Å². The van der Waals surface area contributed by atoms with Crippen LogP contribution in [0.15, 0.2) is 0 Å². The van der Waals surface area contributed by atoms with E-state index < -0.39 is 0 Å². The molecule has 0 radical (unpaired) electrons. The summed E-state index contributed by atoms with van der Waals surface area (Å²) in [7, 11) is 9.56. The minimum Gasteiger partial charge on any atom is -0.344 e. The average molecular weight is 145 g/mol. The van der Waals surface area contributed by atoms with Crippen molar-refractivity contribution in [1.82, 2.24) is 4.90 Å². The zero-order valence-corrected chi connectivity index (χ0v) is 7.51. The lowest BCUT2D eigenvalue weighted by atomic mass is 10.4. The van der Waals surface area contributed by atoms with Crippen LogP contribution in [0.5, 0.6) is 0 Å². The van der Waals surface area contributed by atoms with Gasteiger partial charge in [0.25, 0.3) is 5.91 Å². The molecular formula is C7H17N2O+. The average Bonchev–Trinajstić information content (AvgIpc) is 1.60. The van der Waals surface area contributed by atoms with Gasteiger partial charge in [0.15, 0.2) is 6.54 Å². The van der Waals surface area contributed by atoms with Crippen molar-refractivity contribution in [3.63, 3.8) is 0 Å². The van der Waals surface area contributed by atoms with E-state index in [-0.39, 0.29) is 5.91 Å². The summed E-state index contributed by atoms with van der Waals surface area (Å²) < 4.78 is 0.691. The van der Waals surface area contributed by atoms with Crippen LogP contribution in [0.3, 0.4) is 0 Å². The molecule has 0 aromatic heterocycles. The SMILES string of the molecule is CN(C)C(=O)C[N+](C)(C)C. The third kappa shape index (κ3) is 4.32. The second-order valence-electron chi connectivity index (χ2n) is 3.74. The zero-order chi connectivity index (χ0) is 8.36. The number of quaternary nitrogens is 1. The highest BCUT2D eigenvalue weighted by Crippen LogP contribution is 1.90. The Bertz CT molecular complexity index is 124. The molecule has 10 heavy (non-hydrogen) atoms. The minimum atomic E-state index is 0.174. The summed E-state index contributed by atoms with van der Waals surface area (Å²) in [5.74, 6) is 0.174. The maximum atomic E-state index is 11.1. The van der Waals surface area contributed by atoms with E-state index in [2.05, 4.69) is 0 Å². The Hall–Kier alpha value is -0.570. The van der Waals surface area contributed by atoms with Gasteiger partial charge in [-0.3, -0.25) is 4.79 Å². The molecule has 0 N–H and O–H groups in total. The minimum absolute atomic E-state index is 0.174. The van der Waals surface area contributed by atoms with Gasteiger partial charge in [-0.05, 0) is 0 Å². The maximum Gasteiger partial charge on any atom is 0.277 e. The molecule has 0 heterocycles. The number of hydrogen-bond acceptors (Lipinski definition) is 1. The predicted molar refractivity (Wildman–Crippen MR) is 41.6 cm³/mol. The molecule has 3 nitrogen and oxygen atoms in total. The summed E-state index contributed by atoms with van der Waals surface area (Å²) in [6.07, 6.45) is 0. The highest BCUT2D eigenvalue weighted by molar-refractivity contribution is 5.76. The fourth-order valence-corrected chi connectivity index (χ4v) is 0.547. The molecule has 0 aliphatic carbocycles. The smallest absolute Gasteiger partial charge is 0.277 e. The van der Waals surface area contributed by atoms with Gasteiger partial charge in [-0.15, -0.1) is 0 Å². The van der Waals surface area contributed by atoms with Gasteiger partial charge in [0.05, 0.1) is 21.1 Å². The molecule has 60 valence electrons. The molecule has 1 amide bonds. The molecule has 0 aromatic carbocycles. The standard InChI is InChI=1S/C7H17N2O/c1-8(2)7(10)6-9(3,4)5/h6H2,1-5H3/q+1. The van der Waals surface area contributed by atoms with Crippen molar-refractivity contribution in [1.29, 1.82) is 0 Å². The molecule has 0 aliphatic heterocycles. The van der Waals surface area contributed by atoms with E-state index in [0.717, 1.165) is 0 Å². The third-order valence-electron chi connectivity index (χ3n) is 1.11. The van der Waals surface area contributed by atoms with E-state index in [1.807, 2.05) is 21.1 Å². The number of hydrogen-bond donors (Lipinski definition) is 0. The van der Waals surface area contributed by atoms with Gasteiger partial charge in [0.2, 0.25) is 0 Å². The summed E-state index contributed by atoms with van der Waals surface area (Å²) in [6, 6.07) is 0. The van der Waals surface area contributed by atoms with Crippen molar-refractivity contribution in [3.05, 3.63) is 0 Å². The fourth-order valence-electron chi connectivity index (χ4n) is 0.547. The van der Waals surface area contributed by atoms with Crippen LogP contribution < -0.4 is 0 Å². The molecule has 0 bridgehead atoms. The number of nitrogens with zero attached hydrogens (tertiary/aromatic N) is 2. The van der Waals surface area contributed by atoms with Gasteiger partial charge < -0.3 is 9.38 Å². The number of rotatable bonds is 2. The molecule has 0 unspecified atom stereocenters. The largest absolute Gasteiger partial charge is 0.344 e. The first-order valence-electron chi connectivity index (χ1n) is 3.33. The fraction of sp³-hybridized carbons (Fsp3) is 0.857. The van der Waals surface area contributed by atoms with Crippen LogP contribution in [-0.4, -0.2) is 57.1 Å². The first-order chi connectivity index (χ1) is 4.33. The lowest BCUT2D eigenvalue weighted by molar-refractivity contribution is -0.862. The molecule has 0 fully saturated rings. The summed E-state index contributed by atoms with van der Waals surface area (Å²) in [6.45, 7) is 0.562. The van der Waals surface area contributed by atoms with Crippen molar-refractivity contribution in [3.8, 4) is 0 Å². The van der Waals surface area contributed by atoms with E-state index in [0.29, 0.717) is 11.0 Å². The first kappa shape index (κ1) is 9.43. The van der Waals surface area contributed by atoms with Crippen molar-refractivity contribution in [2.45, 2.75) is 0 Å². The summed E-state index contributed by atoms with van der Waals surface area (Å²) in [5.41, 5.74) is 0. The number of likely N-dealkylation sites (N-methyl/N-ethyl adjacent to an activating group) is 2. The molecule has 0 aromatic rings. The highest BCUT2D eigenvalue weighted by Gasteiger charge is 2.14. The Morgan fingerprint density at radius 2 is 1.70 bits per heavy atom. The Labute approximate surface area is 62.8 Å². The van der Waals surface area contributed by atoms with Crippen LogP contribution in [-0.2, 0) is 4.79 Å². The molecule has 0 aliphatic rings. The Kier molecular flexibility index (Phi) is 2.84. The third-order valence-corrected chi connectivity index (χ3v) is 1.11. The molecule has 0 spiro atoms. The number of carbonyl (C=O) groups excluding carboxylic acids is 1. The molecule has 0 saturated carbocycles.